The van der Waals surface area contributed by atoms with Gasteiger partial charge in [0, 0.05) is 12.1 Å². The molecule has 152 valence electrons. The number of para-hydroxylation sites is 1. The molecular formula is C23H26N2O3S. The summed E-state index contributed by atoms with van der Waals surface area (Å²) < 4.78 is 6.86. The molecule has 0 fully saturated rings. The fourth-order valence-corrected chi connectivity index (χ4v) is 4.06. The molecule has 5 nitrogen and oxygen atoms in total. The van der Waals surface area contributed by atoms with E-state index in [1.54, 1.807) is 35.9 Å². The van der Waals surface area contributed by atoms with E-state index in [4.69, 9.17) is 4.74 Å². The Morgan fingerprint density at radius 2 is 1.83 bits per heavy atom. The largest absolute Gasteiger partial charge is 0.497 e. The first-order valence-electron chi connectivity index (χ1n) is 9.93. The minimum Gasteiger partial charge on any atom is -0.497 e. The highest BCUT2D eigenvalue weighted by atomic mass is 32.2. The summed E-state index contributed by atoms with van der Waals surface area (Å²) in [5.41, 5.74) is 1.25. The average Bonchev–Trinajstić information content (AvgIpc) is 2.76. The molecule has 0 saturated carbocycles. The van der Waals surface area contributed by atoms with Crippen LogP contribution in [0.25, 0.3) is 10.9 Å². The Labute approximate surface area is 175 Å². The van der Waals surface area contributed by atoms with E-state index in [-0.39, 0.29) is 17.1 Å². The van der Waals surface area contributed by atoms with Crippen LogP contribution in [-0.4, -0.2) is 28.2 Å². The van der Waals surface area contributed by atoms with Gasteiger partial charge < -0.3 is 4.74 Å². The van der Waals surface area contributed by atoms with E-state index in [0.717, 1.165) is 25.7 Å². The van der Waals surface area contributed by atoms with Crippen LogP contribution in [0.15, 0.2) is 58.5 Å². The Kier molecular flexibility index (Phi) is 7.47. The number of unbranched alkanes of at least 4 members (excludes halogenated alkanes) is 3. The van der Waals surface area contributed by atoms with Gasteiger partial charge in [0.05, 0.1) is 23.8 Å². The lowest BCUT2D eigenvalue weighted by molar-refractivity contribution is 0.102. The lowest BCUT2D eigenvalue weighted by atomic mass is 10.1. The van der Waals surface area contributed by atoms with Gasteiger partial charge in [-0.15, -0.1) is 0 Å². The Bertz CT molecular complexity index is 1030. The number of rotatable bonds is 10. The second-order valence-corrected chi connectivity index (χ2v) is 7.81. The molecule has 0 amide bonds. The number of carbonyl (C=O) groups is 1. The molecular weight excluding hydrogens is 384 g/mol. The minimum atomic E-state index is -0.0357. The van der Waals surface area contributed by atoms with E-state index >= 15 is 0 Å². The number of ether oxygens (including phenoxy) is 1. The molecule has 1 aromatic heterocycles. The van der Waals surface area contributed by atoms with Crippen molar-refractivity contribution in [2.75, 3.05) is 12.9 Å². The molecule has 0 spiro atoms. The number of carbonyl (C=O) groups excluding carboxylic acids is 1. The Morgan fingerprint density at radius 1 is 1.07 bits per heavy atom. The molecule has 6 heteroatoms. The Morgan fingerprint density at radius 3 is 2.55 bits per heavy atom. The van der Waals surface area contributed by atoms with Gasteiger partial charge in [0.25, 0.3) is 5.56 Å². The van der Waals surface area contributed by atoms with Crippen LogP contribution in [0.1, 0.15) is 43.0 Å². The van der Waals surface area contributed by atoms with Gasteiger partial charge >= 0.3 is 0 Å². The van der Waals surface area contributed by atoms with Gasteiger partial charge in [-0.1, -0.05) is 50.1 Å². The molecule has 0 aliphatic carbocycles. The van der Waals surface area contributed by atoms with Crippen LogP contribution in [0.4, 0.5) is 0 Å². The van der Waals surface area contributed by atoms with E-state index in [0.29, 0.717) is 33.9 Å². The molecule has 0 aliphatic rings. The van der Waals surface area contributed by atoms with Gasteiger partial charge in [-0.05, 0) is 42.8 Å². The number of hydrogen-bond acceptors (Lipinski definition) is 5. The molecule has 1 heterocycles. The van der Waals surface area contributed by atoms with Crippen LogP contribution in [0.5, 0.6) is 5.75 Å². The summed E-state index contributed by atoms with van der Waals surface area (Å²) in [6.07, 6.45) is 4.29. The van der Waals surface area contributed by atoms with E-state index < -0.39 is 0 Å². The lowest BCUT2D eigenvalue weighted by Crippen LogP contribution is -2.24. The van der Waals surface area contributed by atoms with Crippen LogP contribution in [-0.2, 0) is 6.54 Å². The van der Waals surface area contributed by atoms with Crippen molar-refractivity contribution in [3.05, 3.63) is 64.4 Å². The summed E-state index contributed by atoms with van der Waals surface area (Å²) in [7, 11) is 1.60. The summed E-state index contributed by atoms with van der Waals surface area (Å²) in [6, 6.07) is 14.4. The summed E-state index contributed by atoms with van der Waals surface area (Å²) in [6.45, 7) is 2.78. The number of aromatic nitrogens is 2. The predicted octanol–water partition coefficient (Wildman–Crippen LogP) is 4.96. The van der Waals surface area contributed by atoms with Gasteiger partial charge in [0.15, 0.2) is 10.9 Å². The maximum atomic E-state index is 13.0. The zero-order valence-corrected chi connectivity index (χ0v) is 17.7. The molecule has 0 bridgehead atoms. The predicted molar refractivity (Wildman–Crippen MR) is 118 cm³/mol. The second kappa shape index (κ2) is 10.3. The zero-order valence-electron chi connectivity index (χ0n) is 16.9. The van der Waals surface area contributed by atoms with Crippen LogP contribution in [0, 0.1) is 0 Å². The molecule has 0 saturated heterocycles. The average molecular weight is 411 g/mol. The van der Waals surface area contributed by atoms with Crippen LogP contribution in [0.3, 0.4) is 0 Å². The van der Waals surface area contributed by atoms with Crippen molar-refractivity contribution < 1.29 is 9.53 Å². The minimum absolute atomic E-state index is 0.00223. The highest BCUT2D eigenvalue weighted by Gasteiger charge is 2.14. The first-order chi connectivity index (χ1) is 14.1. The lowest BCUT2D eigenvalue weighted by Gasteiger charge is -2.13. The number of Topliss-reactive ketones (excluding diaryl/α,β-unsaturated/α-hetero) is 1. The first kappa shape index (κ1) is 21.1. The summed E-state index contributed by atoms with van der Waals surface area (Å²) >= 11 is 1.32. The zero-order chi connectivity index (χ0) is 20.6. The van der Waals surface area contributed by atoms with Gasteiger partial charge in [-0.3, -0.25) is 14.2 Å². The first-order valence-corrected chi connectivity index (χ1v) is 10.9. The monoisotopic (exact) mass is 410 g/mol. The van der Waals surface area contributed by atoms with Crippen LogP contribution < -0.4 is 10.3 Å². The molecule has 0 unspecified atom stereocenters. The highest BCUT2D eigenvalue weighted by Crippen LogP contribution is 2.21. The number of ketones is 1. The van der Waals surface area contributed by atoms with Gasteiger partial charge in [-0.25, -0.2) is 4.98 Å². The number of fused-ring (bicyclic) bond motifs is 1. The third kappa shape index (κ3) is 5.26. The highest BCUT2D eigenvalue weighted by molar-refractivity contribution is 7.99. The Hall–Kier alpha value is -2.60. The number of nitrogens with zero attached hydrogens (tertiary/aromatic N) is 2. The molecule has 29 heavy (non-hydrogen) atoms. The van der Waals surface area contributed by atoms with Crippen molar-refractivity contribution in [2.45, 2.75) is 44.3 Å². The van der Waals surface area contributed by atoms with E-state index in [1.807, 2.05) is 24.3 Å². The van der Waals surface area contributed by atoms with Crippen molar-refractivity contribution in [1.82, 2.24) is 9.55 Å². The van der Waals surface area contributed by atoms with E-state index in [2.05, 4.69) is 11.9 Å². The van der Waals surface area contributed by atoms with Crippen molar-refractivity contribution >= 4 is 28.4 Å². The maximum Gasteiger partial charge on any atom is 0.262 e. The fraction of sp³-hybridized carbons (Fsp3) is 0.348. The molecule has 3 aromatic rings. The third-order valence-corrected chi connectivity index (χ3v) is 5.78. The van der Waals surface area contributed by atoms with Crippen molar-refractivity contribution in [2.24, 2.45) is 0 Å². The quantitative estimate of drug-likeness (QED) is 0.205. The van der Waals surface area contributed by atoms with Crippen molar-refractivity contribution in [3.8, 4) is 5.75 Å². The van der Waals surface area contributed by atoms with Crippen LogP contribution >= 0.6 is 11.8 Å². The van der Waals surface area contributed by atoms with Gasteiger partial charge in [0.1, 0.15) is 5.75 Å². The van der Waals surface area contributed by atoms with Crippen molar-refractivity contribution in [3.63, 3.8) is 0 Å². The smallest absolute Gasteiger partial charge is 0.262 e. The SMILES string of the molecule is CCCCCCn1c(SCC(=O)c2ccc(OC)cc2)nc2ccccc2c1=O. The number of benzene rings is 2. The second-order valence-electron chi connectivity index (χ2n) is 6.87. The molecule has 0 N–H and O–H groups in total. The number of hydrogen-bond donors (Lipinski definition) is 0. The summed E-state index contributed by atoms with van der Waals surface area (Å²) in [4.78, 5) is 30.3. The summed E-state index contributed by atoms with van der Waals surface area (Å²) in [5.74, 6) is 0.940. The number of methoxy groups -OCH3 is 1. The molecule has 0 atom stereocenters. The molecule has 0 radical (unpaired) electrons. The van der Waals surface area contributed by atoms with Crippen LogP contribution in [0.2, 0.25) is 0 Å². The maximum absolute atomic E-state index is 13.0. The fourth-order valence-electron chi connectivity index (χ4n) is 3.14. The topological polar surface area (TPSA) is 61.2 Å². The number of thioether (sulfide) groups is 1. The molecule has 3 rings (SSSR count). The Balaban J connectivity index is 1.82. The summed E-state index contributed by atoms with van der Waals surface area (Å²) in [5, 5.41) is 1.22. The third-order valence-electron chi connectivity index (χ3n) is 4.81. The molecule has 2 aromatic carbocycles. The van der Waals surface area contributed by atoms with Gasteiger partial charge in [0.2, 0.25) is 0 Å². The normalized spacial score (nSPS) is 11.0. The van der Waals surface area contributed by atoms with Crippen molar-refractivity contribution in [1.29, 1.82) is 0 Å². The standard InChI is InChI=1S/C23H26N2O3S/c1-3-4-5-8-15-25-22(27)19-9-6-7-10-20(19)24-23(25)29-16-21(26)17-11-13-18(28-2)14-12-17/h6-7,9-14H,3-5,8,15-16H2,1-2H3. The molecule has 0 aliphatic heterocycles. The van der Waals surface area contributed by atoms with E-state index in [9.17, 15) is 9.59 Å². The van der Waals surface area contributed by atoms with Gasteiger partial charge in [-0.2, -0.15) is 0 Å². The van der Waals surface area contributed by atoms with E-state index in [1.165, 1.54) is 11.8 Å².